The van der Waals surface area contributed by atoms with Gasteiger partial charge in [-0.1, -0.05) is 41.1 Å². The third-order valence-corrected chi connectivity index (χ3v) is 3.38. The second-order valence-corrected chi connectivity index (χ2v) is 5.00. The van der Waals surface area contributed by atoms with E-state index in [0.29, 0.717) is 21.4 Å². The van der Waals surface area contributed by atoms with Crippen molar-refractivity contribution in [2.24, 2.45) is 5.73 Å². The zero-order valence-corrected chi connectivity index (χ0v) is 12.5. The molecule has 0 heterocycles. The minimum Gasteiger partial charge on any atom is -0.488 e. The SMILES string of the molecule is NCC#Cc1cc(F)ccc1OCc1ccc(Cl)c(Cl)c1. The molecule has 2 rings (SSSR count). The summed E-state index contributed by atoms with van der Waals surface area (Å²) in [6, 6.07) is 9.39. The minimum atomic E-state index is -0.377. The first kappa shape index (κ1) is 15.7. The Labute approximate surface area is 132 Å². The maximum Gasteiger partial charge on any atom is 0.135 e. The molecule has 0 unspecified atom stereocenters. The van der Waals surface area contributed by atoms with Crippen molar-refractivity contribution in [3.8, 4) is 17.6 Å². The summed E-state index contributed by atoms with van der Waals surface area (Å²) in [7, 11) is 0. The fourth-order valence-electron chi connectivity index (χ4n) is 1.66. The lowest BCUT2D eigenvalue weighted by Crippen LogP contribution is -1.98. The topological polar surface area (TPSA) is 35.2 Å². The van der Waals surface area contributed by atoms with E-state index in [0.717, 1.165) is 5.56 Å². The van der Waals surface area contributed by atoms with Crippen LogP contribution in [0.5, 0.6) is 5.75 Å². The van der Waals surface area contributed by atoms with E-state index in [-0.39, 0.29) is 19.0 Å². The largest absolute Gasteiger partial charge is 0.488 e. The summed E-state index contributed by atoms with van der Waals surface area (Å²) < 4.78 is 18.9. The molecule has 0 saturated carbocycles. The summed E-state index contributed by atoms with van der Waals surface area (Å²) in [6.07, 6.45) is 0. The quantitative estimate of drug-likeness (QED) is 0.866. The highest BCUT2D eigenvalue weighted by molar-refractivity contribution is 6.42. The van der Waals surface area contributed by atoms with Crippen molar-refractivity contribution in [3.05, 3.63) is 63.4 Å². The molecule has 0 radical (unpaired) electrons. The average Bonchev–Trinajstić information content (AvgIpc) is 2.47. The van der Waals surface area contributed by atoms with E-state index in [2.05, 4.69) is 11.8 Å². The number of benzene rings is 2. The molecule has 0 atom stereocenters. The second-order valence-electron chi connectivity index (χ2n) is 4.18. The summed E-state index contributed by atoms with van der Waals surface area (Å²) in [5, 5.41) is 0.941. The number of halogens is 3. The molecule has 5 heteroatoms. The van der Waals surface area contributed by atoms with Gasteiger partial charge in [-0.2, -0.15) is 0 Å². The number of ether oxygens (including phenoxy) is 1. The molecule has 2 aromatic carbocycles. The van der Waals surface area contributed by atoms with Gasteiger partial charge in [0.2, 0.25) is 0 Å². The molecule has 0 fully saturated rings. The summed E-state index contributed by atoms with van der Waals surface area (Å²) >= 11 is 11.8. The van der Waals surface area contributed by atoms with Gasteiger partial charge < -0.3 is 10.5 Å². The smallest absolute Gasteiger partial charge is 0.135 e. The van der Waals surface area contributed by atoms with Crippen LogP contribution in [0.4, 0.5) is 4.39 Å². The summed E-state index contributed by atoms with van der Waals surface area (Å²) in [6.45, 7) is 0.475. The Kier molecular flexibility index (Phi) is 5.46. The van der Waals surface area contributed by atoms with Gasteiger partial charge in [0, 0.05) is 0 Å². The molecule has 0 saturated heterocycles. The van der Waals surface area contributed by atoms with Crippen molar-refractivity contribution < 1.29 is 9.13 Å². The Balaban J connectivity index is 2.17. The molecule has 0 amide bonds. The van der Waals surface area contributed by atoms with Crippen molar-refractivity contribution in [2.75, 3.05) is 6.54 Å². The van der Waals surface area contributed by atoms with E-state index in [1.165, 1.54) is 18.2 Å². The summed E-state index contributed by atoms with van der Waals surface area (Å²) in [5.74, 6) is 5.58. The first-order chi connectivity index (χ1) is 10.1. The number of rotatable bonds is 3. The van der Waals surface area contributed by atoms with Gasteiger partial charge in [-0.25, -0.2) is 4.39 Å². The van der Waals surface area contributed by atoms with Crippen molar-refractivity contribution in [1.29, 1.82) is 0 Å². The predicted molar refractivity (Wildman–Crippen MR) is 83.1 cm³/mol. The van der Waals surface area contributed by atoms with Crippen molar-refractivity contribution in [1.82, 2.24) is 0 Å². The predicted octanol–water partition coefficient (Wildman–Crippen LogP) is 4.02. The second kappa shape index (κ2) is 7.33. The van der Waals surface area contributed by atoms with Gasteiger partial charge in [-0.15, -0.1) is 0 Å². The van der Waals surface area contributed by atoms with Crippen LogP contribution in [-0.2, 0) is 6.61 Å². The van der Waals surface area contributed by atoms with Crippen LogP contribution in [0.25, 0.3) is 0 Å². The Morgan fingerprint density at radius 1 is 1.10 bits per heavy atom. The average molecular weight is 324 g/mol. The Morgan fingerprint density at radius 2 is 1.90 bits per heavy atom. The standard InChI is InChI=1S/C16H12Cl2FNO/c17-14-5-3-11(8-15(14)18)10-21-16-6-4-13(19)9-12(16)2-1-7-20/h3-6,8-9H,7,10,20H2. The zero-order chi connectivity index (χ0) is 15.2. The highest BCUT2D eigenvalue weighted by Crippen LogP contribution is 2.24. The molecule has 0 aliphatic carbocycles. The lowest BCUT2D eigenvalue weighted by Gasteiger charge is -2.09. The van der Waals surface area contributed by atoms with E-state index in [1.54, 1.807) is 12.1 Å². The molecule has 21 heavy (non-hydrogen) atoms. The van der Waals surface area contributed by atoms with Gasteiger partial charge in [-0.3, -0.25) is 0 Å². The third kappa shape index (κ3) is 4.37. The molecular formula is C16H12Cl2FNO. The molecule has 2 N–H and O–H groups in total. The number of hydrogen-bond donors (Lipinski definition) is 1. The summed E-state index contributed by atoms with van der Waals surface area (Å²) in [5.41, 5.74) is 6.64. The molecule has 0 spiro atoms. The van der Waals surface area contributed by atoms with Crippen molar-refractivity contribution >= 4 is 23.2 Å². The Bertz CT molecular complexity index is 707. The van der Waals surface area contributed by atoms with Crippen LogP contribution in [0.2, 0.25) is 10.0 Å². The van der Waals surface area contributed by atoms with Crippen LogP contribution in [0, 0.1) is 17.7 Å². The van der Waals surface area contributed by atoms with Gasteiger partial charge in [0.15, 0.2) is 0 Å². The van der Waals surface area contributed by atoms with E-state index in [9.17, 15) is 4.39 Å². The normalized spacial score (nSPS) is 9.90. The molecular weight excluding hydrogens is 312 g/mol. The molecule has 0 aliphatic rings. The Hall–Kier alpha value is -1.73. The Morgan fingerprint density at radius 3 is 2.62 bits per heavy atom. The van der Waals surface area contributed by atoms with Gasteiger partial charge in [-0.05, 0) is 35.9 Å². The van der Waals surface area contributed by atoms with Gasteiger partial charge >= 0.3 is 0 Å². The van der Waals surface area contributed by atoms with Crippen molar-refractivity contribution in [3.63, 3.8) is 0 Å². The highest BCUT2D eigenvalue weighted by Gasteiger charge is 2.05. The molecule has 2 aromatic rings. The summed E-state index contributed by atoms with van der Waals surface area (Å²) in [4.78, 5) is 0. The van der Waals surface area contributed by atoms with E-state index in [4.69, 9.17) is 33.7 Å². The van der Waals surface area contributed by atoms with Crippen LogP contribution >= 0.6 is 23.2 Å². The van der Waals surface area contributed by atoms with Crippen LogP contribution in [0.1, 0.15) is 11.1 Å². The monoisotopic (exact) mass is 323 g/mol. The van der Waals surface area contributed by atoms with Crippen LogP contribution in [0.3, 0.4) is 0 Å². The van der Waals surface area contributed by atoms with E-state index < -0.39 is 0 Å². The molecule has 0 bridgehead atoms. The maximum atomic E-state index is 13.2. The fraction of sp³-hybridized carbons (Fsp3) is 0.125. The molecule has 0 aliphatic heterocycles. The van der Waals surface area contributed by atoms with Crippen LogP contribution in [0.15, 0.2) is 36.4 Å². The van der Waals surface area contributed by atoms with E-state index in [1.807, 2.05) is 6.07 Å². The molecule has 2 nitrogen and oxygen atoms in total. The first-order valence-electron chi connectivity index (χ1n) is 6.15. The van der Waals surface area contributed by atoms with Crippen LogP contribution in [-0.4, -0.2) is 6.54 Å². The minimum absolute atomic E-state index is 0.197. The van der Waals surface area contributed by atoms with Crippen molar-refractivity contribution in [2.45, 2.75) is 6.61 Å². The number of nitrogens with two attached hydrogens (primary N) is 1. The van der Waals surface area contributed by atoms with Gasteiger partial charge in [0.25, 0.3) is 0 Å². The van der Waals surface area contributed by atoms with Crippen LogP contribution < -0.4 is 10.5 Å². The number of hydrogen-bond acceptors (Lipinski definition) is 2. The zero-order valence-electron chi connectivity index (χ0n) is 11.0. The van der Waals surface area contributed by atoms with Gasteiger partial charge in [0.05, 0.1) is 22.2 Å². The fourth-order valence-corrected chi connectivity index (χ4v) is 1.98. The molecule has 108 valence electrons. The third-order valence-electron chi connectivity index (χ3n) is 2.65. The highest BCUT2D eigenvalue weighted by atomic mass is 35.5. The lowest BCUT2D eigenvalue weighted by atomic mass is 10.2. The lowest BCUT2D eigenvalue weighted by molar-refractivity contribution is 0.305. The van der Waals surface area contributed by atoms with Gasteiger partial charge in [0.1, 0.15) is 18.2 Å². The molecule has 0 aromatic heterocycles. The maximum absolute atomic E-state index is 13.2. The first-order valence-corrected chi connectivity index (χ1v) is 6.91. The van der Waals surface area contributed by atoms with E-state index >= 15 is 0 Å².